The Hall–Kier alpha value is -7.98. The van der Waals surface area contributed by atoms with E-state index in [1.807, 2.05) is 0 Å². The highest BCUT2D eigenvalue weighted by atomic mass is 28.3. The number of hydrogen-bond donors (Lipinski definition) is 0. The van der Waals surface area contributed by atoms with Crippen LogP contribution in [0, 0.1) is 0 Å². The predicted octanol–water partition coefficient (Wildman–Crippen LogP) is 17.5. The normalized spacial score (nSPS) is 11.3. The Bertz CT molecular complexity index is 3060. The molecule has 0 saturated carbocycles. The van der Waals surface area contributed by atoms with Crippen LogP contribution < -0.4 is 15.0 Å². The van der Waals surface area contributed by atoms with E-state index in [4.69, 9.17) is 0 Å². The maximum Gasteiger partial charge on any atom is 0.0775 e. The molecule has 3 heteroatoms. The molecule has 66 heavy (non-hydrogen) atoms. The summed E-state index contributed by atoms with van der Waals surface area (Å²) in [5.74, 6) is 0. The van der Waals surface area contributed by atoms with Crippen LogP contribution in [0.2, 0.25) is 19.6 Å². The van der Waals surface area contributed by atoms with E-state index >= 15 is 0 Å². The molecule has 0 bridgehead atoms. The fourth-order valence-corrected chi connectivity index (χ4v) is 10.1. The van der Waals surface area contributed by atoms with Gasteiger partial charge in [0.25, 0.3) is 0 Å². The molecule has 0 atom stereocenters. The Morgan fingerprint density at radius 1 is 0.242 bits per heavy atom. The first-order valence-electron chi connectivity index (χ1n) is 22.8. The van der Waals surface area contributed by atoms with Crippen molar-refractivity contribution in [3.8, 4) is 55.6 Å². The van der Waals surface area contributed by atoms with Crippen molar-refractivity contribution in [1.82, 2.24) is 0 Å². The molecule has 2 nitrogen and oxygen atoms in total. The van der Waals surface area contributed by atoms with Crippen molar-refractivity contribution >= 4 is 47.4 Å². The molecular weight excluding hydrogens is 813 g/mol. The van der Waals surface area contributed by atoms with Crippen molar-refractivity contribution in [3.05, 3.63) is 261 Å². The largest absolute Gasteiger partial charge is 0.310 e. The molecule has 0 aliphatic rings. The quantitative estimate of drug-likeness (QED) is 0.113. The molecule has 0 radical (unpaired) electrons. The molecule has 0 spiro atoms. The van der Waals surface area contributed by atoms with Gasteiger partial charge in [0.2, 0.25) is 0 Å². The Labute approximate surface area is 391 Å². The van der Waals surface area contributed by atoms with Gasteiger partial charge in [0.05, 0.1) is 19.4 Å². The SMILES string of the molecule is C[Si](C)(C)c1ccc(N(c2ccc(-c3ccccc3)cc2)c2cc(N(c3ccc(-c4ccccc4)cc3)c3ccc(-c4ccccc4)cc3)c(-c3ccccc3)cc2-c2ccccc2)cc1. The Morgan fingerprint density at radius 2 is 0.485 bits per heavy atom. The zero-order valence-corrected chi connectivity index (χ0v) is 38.7. The lowest BCUT2D eigenvalue weighted by Crippen LogP contribution is -2.37. The first-order valence-corrected chi connectivity index (χ1v) is 26.3. The van der Waals surface area contributed by atoms with E-state index < -0.39 is 8.07 Å². The van der Waals surface area contributed by atoms with E-state index in [9.17, 15) is 0 Å². The molecule has 0 fully saturated rings. The van der Waals surface area contributed by atoms with Gasteiger partial charge in [-0.1, -0.05) is 225 Å². The van der Waals surface area contributed by atoms with Crippen molar-refractivity contribution in [1.29, 1.82) is 0 Å². The summed E-state index contributed by atoms with van der Waals surface area (Å²) < 4.78 is 0. The minimum absolute atomic E-state index is 1.07. The van der Waals surface area contributed by atoms with Gasteiger partial charge in [-0.05, 0) is 105 Å². The molecule has 10 aromatic carbocycles. The van der Waals surface area contributed by atoms with Crippen molar-refractivity contribution in [2.75, 3.05) is 9.80 Å². The maximum atomic E-state index is 2.46. The minimum Gasteiger partial charge on any atom is -0.310 e. The second-order valence-electron chi connectivity index (χ2n) is 17.8. The van der Waals surface area contributed by atoms with Crippen molar-refractivity contribution < 1.29 is 0 Å². The molecule has 0 aromatic heterocycles. The van der Waals surface area contributed by atoms with Crippen LogP contribution in [0.25, 0.3) is 55.6 Å². The third kappa shape index (κ3) is 8.90. The summed E-state index contributed by atoms with van der Waals surface area (Å²) in [6.45, 7) is 7.24. The van der Waals surface area contributed by atoms with Gasteiger partial charge in [0, 0.05) is 33.9 Å². The van der Waals surface area contributed by atoms with Gasteiger partial charge in [-0.2, -0.15) is 0 Å². The van der Waals surface area contributed by atoms with Crippen LogP contribution in [0.5, 0.6) is 0 Å². The smallest absolute Gasteiger partial charge is 0.0775 e. The average molecular weight is 865 g/mol. The molecule has 10 aromatic rings. The number of rotatable bonds is 12. The Kier molecular flexibility index (Phi) is 11.8. The van der Waals surface area contributed by atoms with E-state index in [0.29, 0.717) is 0 Å². The minimum atomic E-state index is -1.58. The van der Waals surface area contributed by atoms with Crippen molar-refractivity contribution in [3.63, 3.8) is 0 Å². The molecule has 0 unspecified atom stereocenters. The van der Waals surface area contributed by atoms with Crippen LogP contribution in [0.4, 0.5) is 34.1 Å². The topological polar surface area (TPSA) is 6.48 Å². The lowest BCUT2D eigenvalue weighted by atomic mass is 9.93. The molecule has 0 heterocycles. The summed E-state index contributed by atoms with van der Waals surface area (Å²) in [5.41, 5.74) is 18.1. The highest BCUT2D eigenvalue weighted by Gasteiger charge is 2.26. The number of anilines is 6. The van der Waals surface area contributed by atoms with Crippen LogP contribution in [0.15, 0.2) is 261 Å². The third-order valence-electron chi connectivity index (χ3n) is 12.5. The molecule has 318 valence electrons. The van der Waals surface area contributed by atoms with Crippen LogP contribution >= 0.6 is 0 Å². The summed E-state index contributed by atoms with van der Waals surface area (Å²) in [4.78, 5) is 4.90. The fourth-order valence-electron chi connectivity index (χ4n) is 8.91. The Balaban J connectivity index is 1.25. The van der Waals surface area contributed by atoms with Crippen LogP contribution in [0.3, 0.4) is 0 Å². The van der Waals surface area contributed by atoms with Crippen LogP contribution in [0.1, 0.15) is 0 Å². The second kappa shape index (κ2) is 18.6. The van der Waals surface area contributed by atoms with Crippen LogP contribution in [-0.2, 0) is 0 Å². The van der Waals surface area contributed by atoms with Crippen molar-refractivity contribution in [2.45, 2.75) is 19.6 Å². The van der Waals surface area contributed by atoms with Gasteiger partial charge >= 0.3 is 0 Å². The first kappa shape index (κ1) is 42.0. The van der Waals surface area contributed by atoms with Crippen LogP contribution in [-0.4, -0.2) is 8.07 Å². The molecule has 0 N–H and O–H groups in total. The third-order valence-corrected chi connectivity index (χ3v) is 14.5. The van der Waals surface area contributed by atoms with Gasteiger partial charge in [-0.3, -0.25) is 0 Å². The number of hydrogen-bond acceptors (Lipinski definition) is 2. The average Bonchev–Trinajstić information content (AvgIpc) is 3.38. The van der Waals surface area contributed by atoms with Gasteiger partial charge < -0.3 is 9.80 Å². The standard InChI is InChI=1S/C63H52N2Si/c1-66(2,3)59-43-41-58(42-44-59)65(57-39-33-52(34-40-57)49-23-13-6-14-24-49)63-46-62(60(53-25-15-7-16-26-53)45-61(63)54-27-17-8-18-28-54)64(55-35-29-50(30-36-55)47-19-9-4-10-20-47)56-37-31-51(32-38-56)48-21-11-5-12-22-48/h4-46H,1-3H3. The van der Waals surface area contributed by atoms with Gasteiger partial charge in [-0.15, -0.1) is 0 Å². The highest BCUT2D eigenvalue weighted by molar-refractivity contribution is 6.88. The molecule has 10 rings (SSSR count). The van der Waals surface area contributed by atoms with Crippen molar-refractivity contribution in [2.24, 2.45) is 0 Å². The van der Waals surface area contributed by atoms with Gasteiger partial charge in [0.1, 0.15) is 0 Å². The summed E-state index contributed by atoms with van der Waals surface area (Å²) in [7, 11) is -1.58. The lowest BCUT2D eigenvalue weighted by Gasteiger charge is -2.33. The summed E-state index contributed by atoms with van der Waals surface area (Å²) in [5, 5.41) is 1.43. The molecule has 0 aliphatic heterocycles. The number of nitrogens with zero attached hydrogens (tertiary/aromatic N) is 2. The summed E-state index contributed by atoms with van der Waals surface area (Å²) in [6, 6.07) is 94.9. The summed E-state index contributed by atoms with van der Waals surface area (Å²) in [6.07, 6.45) is 0. The van der Waals surface area contributed by atoms with E-state index in [0.717, 1.165) is 56.4 Å². The zero-order chi connectivity index (χ0) is 44.9. The predicted molar refractivity (Wildman–Crippen MR) is 286 cm³/mol. The molecule has 0 amide bonds. The summed E-state index contributed by atoms with van der Waals surface area (Å²) >= 11 is 0. The van der Waals surface area contributed by atoms with Gasteiger partial charge in [0.15, 0.2) is 0 Å². The van der Waals surface area contributed by atoms with E-state index in [-0.39, 0.29) is 0 Å². The molecule has 0 aliphatic carbocycles. The van der Waals surface area contributed by atoms with E-state index in [1.165, 1.54) is 38.6 Å². The Morgan fingerprint density at radius 3 is 0.758 bits per heavy atom. The fraction of sp³-hybridized carbons (Fsp3) is 0.0476. The maximum absolute atomic E-state index is 2.46. The second-order valence-corrected chi connectivity index (χ2v) is 22.9. The number of benzene rings is 10. The first-order chi connectivity index (χ1) is 32.4. The van der Waals surface area contributed by atoms with E-state index in [2.05, 4.69) is 290 Å². The van der Waals surface area contributed by atoms with Gasteiger partial charge in [-0.25, -0.2) is 0 Å². The van der Waals surface area contributed by atoms with E-state index in [1.54, 1.807) is 0 Å². The highest BCUT2D eigenvalue weighted by Crippen LogP contribution is 2.50. The monoisotopic (exact) mass is 864 g/mol. The lowest BCUT2D eigenvalue weighted by molar-refractivity contribution is 1.25. The molecular formula is C63H52N2Si. The molecule has 0 saturated heterocycles. The zero-order valence-electron chi connectivity index (χ0n) is 37.7.